The standard InChI is InChI=1S/C8H14N2/c1-4-5-9-6-7-10-8(2)3/h4-8,10H,1H2,2-3H3/b7-6-,9-5-. The molecule has 56 valence electrons. The van der Waals surface area contributed by atoms with E-state index in [9.17, 15) is 0 Å². The summed E-state index contributed by atoms with van der Waals surface area (Å²) in [4.78, 5) is 3.88. The van der Waals surface area contributed by atoms with E-state index in [0.29, 0.717) is 6.04 Å². The maximum absolute atomic E-state index is 3.88. The van der Waals surface area contributed by atoms with Gasteiger partial charge in [0.05, 0.1) is 0 Å². The summed E-state index contributed by atoms with van der Waals surface area (Å²) in [7, 11) is 0. The van der Waals surface area contributed by atoms with Crippen molar-refractivity contribution >= 4 is 6.21 Å². The fourth-order valence-electron chi connectivity index (χ4n) is 0.389. The van der Waals surface area contributed by atoms with Gasteiger partial charge in [-0.1, -0.05) is 12.7 Å². The molecule has 0 atom stereocenters. The molecule has 2 heteroatoms. The molecule has 0 aromatic heterocycles. The van der Waals surface area contributed by atoms with Gasteiger partial charge in [0.25, 0.3) is 0 Å². The monoisotopic (exact) mass is 138 g/mol. The molecule has 0 rings (SSSR count). The third-order valence-corrected chi connectivity index (χ3v) is 0.782. The Labute approximate surface area is 62.4 Å². The van der Waals surface area contributed by atoms with E-state index in [2.05, 4.69) is 30.7 Å². The Hall–Kier alpha value is -1.05. The second-order valence-corrected chi connectivity index (χ2v) is 2.17. The van der Waals surface area contributed by atoms with Crippen LogP contribution in [0.2, 0.25) is 0 Å². The average molecular weight is 138 g/mol. The smallest absolute Gasteiger partial charge is 0.0424 e. The highest BCUT2D eigenvalue weighted by atomic mass is 14.9. The zero-order valence-electron chi connectivity index (χ0n) is 6.54. The van der Waals surface area contributed by atoms with Gasteiger partial charge in [-0.25, -0.2) is 0 Å². The van der Waals surface area contributed by atoms with Gasteiger partial charge >= 0.3 is 0 Å². The van der Waals surface area contributed by atoms with Crippen molar-refractivity contribution in [2.75, 3.05) is 0 Å². The summed E-state index contributed by atoms with van der Waals surface area (Å²) in [5.74, 6) is 0. The first-order chi connectivity index (χ1) is 4.77. The lowest BCUT2D eigenvalue weighted by molar-refractivity contribution is 0.701. The van der Waals surface area contributed by atoms with Crippen LogP contribution in [-0.2, 0) is 0 Å². The van der Waals surface area contributed by atoms with Crippen LogP contribution in [0.1, 0.15) is 13.8 Å². The van der Waals surface area contributed by atoms with E-state index in [1.165, 1.54) is 0 Å². The minimum Gasteiger partial charge on any atom is -0.387 e. The van der Waals surface area contributed by atoms with Crippen molar-refractivity contribution in [3.63, 3.8) is 0 Å². The summed E-state index contributed by atoms with van der Waals surface area (Å²) >= 11 is 0. The summed E-state index contributed by atoms with van der Waals surface area (Å²) in [5, 5.41) is 3.08. The second kappa shape index (κ2) is 6.08. The molecule has 0 aliphatic rings. The van der Waals surface area contributed by atoms with Crippen molar-refractivity contribution in [2.24, 2.45) is 4.99 Å². The molecular weight excluding hydrogens is 124 g/mol. The molecule has 0 heterocycles. The van der Waals surface area contributed by atoms with Crippen LogP contribution >= 0.6 is 0 Å². The van der Waals surface area contributed by atoms with Crippen molar-refractivity contribution in [3.8, 4) is 0 Å². The summed E-state index contributed by atoms with van der Waals surface area (Å²) in [5.41, 5.74) is 0. The minimum atomic E-state index is 0.468. The Morgan fingerprint density at radius 2 is 2.20 bits per heavy atom. The molecule has 0 aliphatic heterocycles. The van der Waals surface area contributed by atoms with E-state index < -0.39 is 0 Å². The maximum Gasteiger partial charge on any atom is 0.0424 e. The lowest BCUT2D eigenvalue weighted by Gasteiger charge is -2.00. The van der Waals surface area contributed by atoms with Crippen molar-refractivity contribution in [3.05, 3.63) is 25.1 Å². The zero-order chi connectivity index (χ0) is 7.82. The summed E-state index contributed by atoms with van der Waals surface area (Å²) in [6, 6.07) is 0.468. The Balaban J connectivity index is 3.37. The van der Waals surface area contributed by atoms with Crippen LogP contribution in [0.3, 0.4) is 0 Å². The second-order valence-electron chi connectivity index (χ2n) is 2.17. The molecule has 0 bridgehead atoms. The molecule has 1 N–H and O–H groups in total. The number of nitrogens with one attached hydrogen (secondary N) is 1. The number of allylic oxidation sites excluding steroid dienone is 1. The fraction of sp³-hybridized carbons (Fsp3) is 0.375. The third kappa shape index (κ3) is 6.95. The molecule has 0 aromatic carbocycles. The van der Waals surface area contributed by atoms with Crippen LogP contribution in [0.15, 0.2) is 30.0 Å². The Kier molecular flexibility index (Phi) is 5.44. The SMILES string of the molecule is C=C/C=N\C=C/NC(C)C. The Morgan fingerprint density at radius 3 is 2.70 bits per heavy atom. The van der Waals surface area contributed by atoms with E-state index in [1.54, 1.807) is 18.5 Å². The molecule has 10 heavy (non-hydrogen) atoms. The average Bonchev–Trinajstić information content (AvgIpc) is 1.87. The molecular formula is C8H14N2. The van der Waals surface area contributed by atoms with E-state index in [-0.39, 0.29) is 0 Å². The predicted octanol–water partition coefficient (Wildman–Crippen LogP) is 1.71. The number of hydrogen-bond donors (Lipinski definition) is 1. The predicted molar refractivity (Wildman–Crippen MR) is 46.1 cm³/mol. The van der Waals surface area contributed by atoms with Gasteiger partial charge in [-0.05, 0) is 13.8 Å². The molecule has 0 fully saturated rings. The highest BCUT2D eigenvalue weighted by Gasteiger charge is 1.80. The van der Waals surface area contributed by atoms with E-state index in [1.807, 2.05) is 6.20 Å². The van der Waals surface area contributed by atoms with Gasteiger partial charge < -0.3 is 5.32 Å². The van der Waals surface area contributed by atoms with Gasteiger partial charge in [0.2, 0.25) is 0 Å². The Bertz CT molecular complexity index is 134. The molecule has 0 unspecified atom stereocenters. The van der Waals surface area contributed by atoms with Gasteiger partial charge in [-0.2, -0.15) is 0 Å². The van der Waals surface area contributed by atoms with Crippen LogP contribution < -0.4 is 5.32 Å². The van der Waals surface area contributed by atoms with Gasteiger partial charge in [-0.3, -0.25) is 4.99 Å². The van der Waals surface area contributed by atoms with E-state index in [4.69, 9.17) is 0 Å². The van der Waals surface area contributed by atoms with Crippen molar-refractivity contribution in [1.82, 2.24) is 5.32 Å². The lowest BCUT2D eigenvalue weighted by atomic mass is 10.4. The first-order valence-corrected chi connectivity index (χ1v) is 3.32. The van der Waals surface area contributed by atoms with Gasteiger partial charge in [-0.15, -0.1) is 0 Å². The first-order valence-electron chi connectivity index (χ1n) is 3.32. The normalized spacial score (nSPS) is 11.5. The van der Waals surface area contributed by atoms with Crippen LogP contribution in [0.5, 0.6) is 0 Å². The summed E-state index contributed by atoms with van der Waals surface area (Å²) in [6.45, 7) is 7.63. The van der Waals surface area contributed by atoms with Gasteiger partial charge in [0.1, 0.15) is 0 Å². The number of aliphatic imine (C=N–C) groups is 1. The quantitative estimate of drug-likeness (QED) is 0.588. The van der Waals surface area contributed by atoms with E-state index >= 15 is 0 Å². The molecule has 0 aliphatic carbocycles. The molecule has 0 aromatic rings. The molecule has 0 amide bonds. The molecule has 0 saturated heterocycles. The van der Waals surface area contributed by atoms with Crippen LogP contribution in [0.4, 0.5) is 0 Å². The Morgan fingerprint density at radius 1 is 1.50 bits per heavy atom. The van der Waals surface area contributed by atoms with Crippen LogP contribution in [-0.4, -0.2) is 12.3 Å². The van der Waals surface area contributed by atoms with Gasteiger partial charge in [0, 0.05) is 24.7 Å². The number of hydrogen-bond acceptors (Lipinski definition) is 2. The molecule has 0 spiro atoms. The molecule has 0 radical (unpaired) electrons. The fourth-order valence-corrected chi connectivity index (χ4v) is 0.389. The molecule has 2 nitrogen and oxygen atoms in total. The highest BCUT2D eigenvalue weighted by Crippen LogP contribution is 1.76. The molecule has 0 saturated carbocycles. The largest absolute Gasteiger partial charge is 0.387 e. The zero-order valence-corrected chi connectivity index (χ0v) is 6.54. The topological polar surface area (TPSA) is 24.4 Å². The first kappa shape index (κ1) is 8.95. The van der Waals surface area contributed by atoms with Crippen molar-refractivity contribution < 1.29 is 0 Å². The number of nitrogens with zero attached hydrogens (tertiary/aromatic N) is 1. The number of rotatable bonds is 4. The van der Waals surface area contributed by atoms with Crippen LogP contribution in [0, 0.1) is 0 Å². The summed E-state index contributed by atoms with van der Waals surface area (Å²) in [6.07, 6.45) is 6.78. The summed E-state index contributed by atoms with van der Waals surface area (Å²) < 4.78 is 0. The lowest BCUT2D eigenvalue weighted by Crippen LogP contribution is -2.14. The highest BCUT2D eigenvalue weighted by molar-refractivity contribution is 5.70. The van der Waals surface area contributed by atoms with Crippen LogP contribution in [0.25, 0.3) is 0 Å². The minimum absolute atomic E-state index is 0.468. The third-order valence-electron chi connectivity index (χ3n) is 0.782. The van der Waals surface area contributed by atoms with E-state index in [0.717, 1.165) is 0 Å². The van der Waals surface area contributed by atoms with Crippen molar-refractivity contribution in [1.29, 1.82) is 0 Å². The van der Waals surface area contributed by atoms with Crippen molar-refractivity contribution in [2.45, 2.75) is 19.9 Å². The van der Waals surface area contributed by atoms with Gasteiger partial charge in [0.15, 0.2) is 0 Å². The maximum atomic E-state index is 3.88.